The predicted molar refractivity (Wildman–Crippen MR) is 64.3 cm³/mol. The van der Waals surface area contributed by atoms with Crippen LogP contribution in [0.1, 0.15) is 23.8 Å². The van der Waals surface area contributed by atoms with Crippen molar-refractivity contribution >= 4 is 16.5 Å². The number of aryl methyl sites for hydroxylation is 3. The maximum atomic E-state index is 5.57. The predicted octanol–water partition coefficient (Wildman–Crippen LogP) is 1.34. The SMILES string of the molecule is Cc1nnc(CCCc2csc(N)n2)n1C. The lowest BCUT2D eigenvalue weighted by atomic mass is 10.2. The van der Waals surface area contributed by atoms with Crippen LogP contribution in [0.4, 0.5) is 5.13 Å². The second kappa shape index (κ2) is 4.61. The number of nitrogens with two attached hydrogens (primary N) is 1. The lowest BCUT2D eigenvalue weighted by Crippen LogP contribution is -2.00. The second-order valence-electron chi connectivity index (χ2n) is 3.75. The van der Waals surface area contributed by atoms with Crippen molar-refractivity contribution in [2.45, 2.75) is 26.2 Å². The second-order valence-corrected chi connectivity index (χ2v) is 4.64. The Balaban J connectivity index is 1.86. The van der Waals surface area contributed by atoms with Crippen molar-refractivity contribution in [1.82, 2.24) is 19.7 Å². The van der Waals surface area contributed by atoms with Gasteiger partial charge in [-0.2, -0.15) is 0 Å². The molecule has 2 aromatic rings. The number of thiazole rings is 1. The van der Waals surface area contributed by atoms with Crippen molar-refractivity contribution in [2.75, 3.05) is 5.73 Å². The molecule has 0 aliphatic heterocycles. The standard InChI is InChI=1S/C10H15N5S/c1-7-13-14-9(15(7)2)5-3-4-8-6-16-10(11)12-8/h6H,3-5H2,1-2H3,(H2,11,12). The third-order valence-electron chi connectivity index (χ3n) is 2.59. The maximum Gasteiger partial charge on any atom is 0.180 e. The van der Waals surface area contributed by atoms with Gasteiger partial charge in [0.25, 0.3) is 0 Å². The van der Waals surface area contributed by atoms with Gasteiger partial charge in [0.05, 0.1) is 5.69 Å². The van der Waals surface area contributed by atoms with Crippen molar-refractivity contribution < 1.29 is 0 Å². The average molecular weight is 237 g/mol. The van der Waals surface area contributed by atoms with Crippen LogP contribution in [-0.2, 0) is 19.9 Å². The minimum absolute atomic E-state index is 0.643. The zero-order valence-electron chi connectivity index (χ0n) is 9.47. The third-order valence-corrected chi connectivity index (χ3v) is 3.31. The number of aromatic nitrogens is 4. The Morgan fingerprint density at radius 2 is 2.19 bits per heavy atom. The Hall–Kier alpha value is -1.43. The van der Waals surface area contributed by atoms with E-state index in [9.17, 15) is 0 Å². The summed E-state index contributed by atoms with van der Waals surface area (Å²) in [6.45, 7) is 1.96. The molecule has 6 heteroatoms. The highest BCUT2D eigenvalue weighted by molar-refractivity contribution is 7.13. The lowest BCUT2D eigenvalue weighted by Gasteiger charge is -2.00. The van der Waals surface area contributed by atoms with E-state index in [0.717, 1.165) is 36.6 Å². The molecule has 0 amide bonds. The molecule has 5 nitrogen and oxygen atoms in total. The Labute approximate surface area is 98.3 Å². The summed E-state index contributed by atoms with van der Waals surface area (Å²) >= 11 is 1.49. The van der Waals surface area contributed by atoms with Crippen LogP contribution in [-0.4, -0.2) is 19.7 Å². The number of hydrogen-bond donors (Lipinski definition) is 1. The van der Waals surface area contributed by atoms with E-state index in [1.165, 1.54) is 11.3 Å². The van der Waals surface area contributed by atoms with Crippen LogP contribution in [0.25, 0.3) is 0 Å². The number of anilines is 1. The molecule has 2 N–H and O–H groups in total. The van der Waals surface area contributed by atoms with E-state index in [4.69, 9.17) is 5.73 Å². The normalized spacial score (nSPS) is 10.9. The Morgan fingerprint density at radius 1 is 1.38 bits per heavy atom. The molecule has 2 rings (SSSR count). The molecule has 0 atom stereocenters. The van der Waals surface area contributed by atoms with Crippen molar-refractivity contribution in [3.8, 4) is 0 Å². The molecule has 0 aromatic carbocycles. The highest BCUT2D eigenvalue weighted by Gasteiger charge is 2.05. The van der Waals surface area contributed by atoms with Gasteiger partial charge < -0.3 is 10.3 Å². The van der Waals surface area contributed by atoms with Crippen molar-refractivity contribution in [3.63, 3.8) is 0 Å². The number of nitrogens with zero attached hydrogens (tertiary/aromatic N) is 4. The van der Waals surface area contributed by atoms with E-state index in [1.54, 1.807) is 0 Å². The molecular formula is C10H15N5S. The third kappa shape index (κ3) is 2.38. The van der Waals surface area contributed by atoms with Gasteiger partial charge in [-0.3, -0.25) is 0 Å². The van der Waals surface area contributed by atoms with Gasteiger partial charge in [-0.15, -0.1) is 21.5 Å². The molecule has 0 fully saturated rings. The highest BCUT2D eigenvalue weighted by Crippen LogP contribution is 2.13. The van der Waals surface area contributed by atoms with Gasteiger partial charge in [0.2, 0.25) is 0 Å². The van der Waals surface area contributed by atoms with Gasteiger partial charge in [0, 0.05) is 18.8 Å². The van der Waals surface area contributed by atoms with E-state index in [-0.39, 0.29) is 0 Å². The summed E-state index contributed by atoms with van der Waals surface area (Å²) in [5.41, 5.74) is 6.64. The van der Waals surface area contributed by atoms with E-state index in [2.05, 4.69) is 15.2 Å². The van der Waals surface area contributed by atoms with Crippen LogP contribution >= 0.6 is 11.3 Å². The molecule has 2 aromatic heterocycles. The highest BCUT2D eigenvalue weighted by atomic mass is 32.1. The van der Waals surface area contributed by atoms with E-state index < -0.39 is 0 Å². The lowest BCUT2D eigenvalue weighted by molar-refractivity contribution is 0.709. The summed E-state index contributed by atoms with van der Waals surface area (Å²) < 4.78 is 2.02. The number of hydrogen-bond acceptors (Lipinski definition) is 5. The van der Waals surface area contributed by atoms with Gasteiger partial charge in [0.1, 0.15) is 11.6 Å². The van der Waals surface area contributed by atoms with Gasteiger partial charge in [-0.25, -0.2) is 4.98 Å². The smallest absolute Gasteiger partial charge is 0.180 e. The summed E-state index contributed by atoms with van der Waals surface area (Å²) in [5.74, 6) is 1.98. The average Bonchev–Trinajstić information content (AvgIpc) is 2.79. The Bertz CT molecular complexity index is 473. The fourth-order valence-electron chi connectivity index (χ4n) is 1.53. The van der Waals surface area contributed by atoms with Gasteiger partial charge in [-0.05, 0) is 19.8 Å². The van der Waals surface area contributed by atoms with E-state index in [0.29, 0.717) is 5.13 Å². The Kier molecular flexibility index (Phi) is 3.19. The molecule has 0 saturated heterocycles. The summed E-state index contributed by atoms with van der Waals surface area (Å²) in [4.78, 5) is 4.22. The first-order valence-corrected chi connectivity index (χ1v) is 6.09. The Morgan fingerprint density at radius 3 is 2.75 bits per heavy atom. The van der Waals surface area contributed by atoms with Crippen LogP contribution in [0, 0.1) is 6.92 Å². The minimum atomic E-state index is 0.643. The molecule has 0 spiro atoms. The van der Waals surface area contributed by atoms with Gasteiger partial charge >= 0.3 is 0 Å². The molecule has 0 bridgehead atoms. The van der Waals surface area contributed by atoms with Crippen molar-refractivity contribution in [3.05, 3.63) is 22.7 Å². The quantitative estimate of drug-likeness (QED) is 0.871. The van der Waals surface area contributed by atoms with Gasteiger partial charge in [0.15, 0.2) is 5.13 Å². The summed E-state index contributed by atoms with van der Waals surface area (Å²) in [5, 5.41) is 10.8. The first-order chi connectivity index (χ1) is 7.66. The zero-order valence-corrected chi connectivity index (χ0v) is 10.3. The largest absolute Gasteiger partial charge is 0.375 e. The van der Waals surface area contributed by atoms with Crippen molar-refractivity contribution in [1.29, 1.82) is 0 Å². The molecule has 2 heterocycles. The van der Waals surface area contributed by atoms with Crippen LogP contribution in [0.3, 0.4) is 0 Å². The summed E-state index contributed by atoms with van der Waals surface area (Å²) in [6, 6.07) is 0. The molecule has 86 valence electrons. The molecular weight excluding hydrogens is 222 g/mol. The minimum Gasteiger partial charge on any atom is -0.375 e. The topological polar surface area (TPSA) is 69.6 Å². The molecule has 0 saturated carbocycles. The summed E-state index contributed by atoms with van der Waals surface area (Å²) in [6.07, 6.45) is 2.89. The number of rotatable bonds is 4. The first kappa shape index (κ1) is 11.1. The van der Waals surface area contributed by atoms with Crippen LogP contribution < -0.4 is 5.73 Å². The summed E-state index contributed by atoms with van der Waals surface area (Å²) in [7, 11) is 1.99. The number of nitrogen functional groups attached to an aromatic ring is 1. The van der Waals surface area contributed by atoms with E-state index >= 15 is 0 Å². The molecule has 0 radical (unpaired) electrons. The molecule has 16 heavy (non-hydrogen) atoms. The molecule has 0 aliphatic carbocycles. The van der Waals surface area contributed by atoms with Crippen LogP contribution in [0.2, 0.25) is 0 Å². The van der Waals surface area contributed by atoms with Gasteiger partial charge in [-0.1, -0.05) is 0 Å². The zero-order chi connectivity index (χ0) is 11.5. The molecule has 0 aliphatic rings. The fraction of sp³-hybridized carbons (Fsp3) is 0.500. The first-order valence-electron chi connectivity index (χ1n) is 5.21. The van der Waals surface area contributed by atoms with Crippen molar-refractivity contribution in [2.24, 2.45) is 7.05 Å². The van der Waals surface area contributed by atoms with E-state index in [1.807, 2.05) is 23.9 Å². The maximum absolute atomic E-state index is 5.57. The monoisotopic (exact) mass is 237 g/mol. The fourth-order valence-corrected chi connectivity index (χ4v) is 2.13. The van der Waals surface area contributed by atoms with Crippen LogP contribution in [0.15, 0.2) is 5.38 Å². The molecule has 0 unspecified atom stereocenters. The van der Waals surface area contributed by atoms with Crippen LogP contribution in [0.5, 0.6) is 0 Å².